The highest BCUT2D eigenvalue weighted by Gasteiger charge is 2.27. The summed E-state index contributed by atoms with van der Waals surface area (Å²) in [5.41, 5.74) is 8.56. The molecule has 0 aromatic heterocycles. The molecule has 0 spiro atoms. The summed E-state index contributed by atoms with van der Waals surface area (Å²) < 4.78 is 0. The van der Waals surface area contributed by atoms with E-state index in [-0.39, 0.29) is 18.7 Å². The lowest BCUT2D eigenvalue weighted by Crippen LogP contribution is -2.43. The van der Waals surface area contributed by atoms with Gasteiger partial charge >= 0.3 is 0 Å². The topological polar surface area (TPSA) is 49.5 Å². The maximum atomic E-state index is 9.64. The number of hydrogen-bond acceptors (Lipinski definition) is 3. The monoisotopic (exact) mass is 262 g/mol. The lowest BCUT2D eigenvalue weighted by molar-refractivity contribution is 0.0870. The fourth-order valence-electron chi connectivity index (χ4n) is 3.06. The summed E-state index contributed by atoms with van der Waals surface area (Å²) in [5, 5.41) is 9.64. The van der Waals surface area contributed by atoms with Crippen molar-refractivity contribution in [1.29, 1.82) is 0 Å². The van der Waals surface area contributed by atoms with Gasteiger partial charge in [0.2, 0.25) is 0 Å². The van der Waals surface area contributed by atoms with Crippen molar-refractivity contribution in [2.24, 2.45) is 5.73 Å². The van der Waals surface area contributed by atoms with Gasteiger partial charge in [-0.1, -0.05) is 42.7 Å². The molecule has 0 bridgehead atoms. The lowest BCUT2D eigenvalue weighted by Gasteiger charge is -2.36. The van der Waals surface area contributed by atoms with E-state index in [1.165, 1.54) is 30.4 Å². The Morgan fingerprint density at radius 2 is 2.00 bits per heavy atom. The van der Waals surface area contributed by atoms with E-state index >= 15 is 0 Å². The van der Waals surface area contributed by atoms with E-state index in [1.54, 1.807) is 0 Å². The van der Waals surface area contributed by atoms with Crippen LogP contribution in [0, 0.1) is 6.92 Å². The van der Waals surface area contributed by atoms with Gasteiger partial charge in [0.1, 0.15) is 0 Å². The molecule has 1 aromatic carbocycles. The standard InChI is InChI=1S/C16H26N2O/c1-13-6-8-14(9-7-13)16(11-17)18-10-4-2-3-5-15(18)12-19/h6-9,15-16,19H,2-5,10-12,17H2,1H3. The quantitative estimate of drug-likeness (QED) is 0.875. The van der Waals surface area contributed by atoms with Gasteiger partial charge in [0.15, 0.2) is 0 Å². The average Bonchev–Trinajstić information content (AvgIpc) is 2.67. The van der Waals surface area contributed by atoms with Gasteiger partial charge in [-0.2, -0.15) is 0 Å². The Morgan fingerprint density at radius 1 is 1.26 bits per heavy atom. The highest BCUT2D eigenvalue weighted by Crippen LogP contribution is 2.27. The van der Waals surface area contributed by atoms with Gasteiger partial charge in [-0.05, 0) is 31.9 Å². The van der Waals surface area contributed by atoms with Crippen molar-refractivity contribution in [3.63, 3.8) is 0 Å². The molecule has 0 amide bonds. The predicted octanol–water partition coefficient (Wildman–Crippen LogP) is 2.23. The third-order valence-electron chi connectivity index (χ3n) is 4.22. The Labute approximate surface area is 116 Å². The molecule has 2 atom stereocenters. The van der Waals surface area contributed by atoms with Crippen molar-refractivity contribution in [2.45, 2.75) is 44.7 Å². The summed E-state index contributed by atoms with van der Waals surface area (Å²) in [6.07, 6.45) is 4.77. The molecule has 1 aliphatic rings. The summed E-state index contributed by atoms with van der Waals surface area (Å²) in [4.78, 5) is 2.41. The smallest absolute Gasteiger partial charge is 0.0587 e. The first kappa shape index (κ1) is 14.5. The van der Waals surface area contributed by atoms with Gasteiger partial charge in [0.05, 0.1) is 6.61 Å². The molecular formula is C16H26N2O. The van der Waals surface area contributed by atoms with Crippen LogP contribution in [0.1, 0.15) is 42.9 Å². The maximum absolute atomic E-state index is 9.64. The molecule has 2 unspecified atom stereocenters. The van der Waals surface area contributed by atoms with Crippen LogP contribution >= 0.6 is 0 Å². The van der Waals surface area contributed by atoms with Gasteiger partial charge in [-0.25, -0.2) is 0 Å². The Hall–Kier alpha value is -0.900. The third kappa shape index (κ3) is 3.56. The first-order valence-electron chi connectivity index (χ1n) is 7.39. The Kier molecular flexibility index (Phi) is 5.37. The van der Waals surface area contributed by atoms with Gasteiger partial charge in [-0.15, -0.1) is 0 Å². The van der Waals surface area contributed by atoms with Crippen LogP contribution in [0.4, 0.5) is 0 Å². The van der Waals surface area contributed by atoms with Crippen LogP contribution in [-0.2, 0) is 0 Å². The van der Waals surface area contributed by atoms with E-state index in [4.69, 9.17) is 5.73 Å². The zero-order chi connectivity index (χ0) is 13.7. The zero-order valence-corrected chi connectivity index (χ0v) is 11.9. The number of aryl methyl sites for hydroxylation is 1. The van der Waals surface area contributed by atoms with Crippen LogP contribution in [0.25, 0.3) is 0 Å². The molecule has 0 saturated carbocycles. The number of hydrogen-bond donors (Lipinski definition) is 2. The number of benzene rings is 1. The van der Waals surface area contributed by atoms with Crippen molar-refractivity contribution >= 4 is 0 Å². The van der Waals surface area contributed by atoms with E-state index in [0.717, 1.165) is 13.0 Å². The maximum Gasteiger partial charge on any atom is 0.0587 e. The zero-order valence-electron chi connectivity index (χ0n) is 11.9. The normalized spacial score (nSPS) is 23.0. The number of likely N-dealkylation sites (tertiary alicyclic amines) is 1. The largest absolute Gasteiger partial charge is 0.395 e. The molecule has 3 N–H and O–H groups in total. The molecule has 1 fully saturated rings. The average molecular weight is 262 g/mol. The number of nitrogens with zero attached hydrogens (tertiary/aromatic N) is 1. The van der Waals surface area contributed by atoms with E-state index in [1.807, 2.05) is 0 Å². The molecular weight excluding hydrogens is 236 g/mol. The van der Waals surface area contributed by atoms with Crippen LogP contribution < -0.4 is 5.73 Å². The van der Waals surface area contributed by atoms with Crippen molar-refractivity contribution in [3.05, 3.63) is 35.4 Å². The second-order valence-electron chi connectivity index (χ2n) is 5.59. The molecule has 0 aliphatic carbocycles. The van der Waals surface area contributed by atoms with Gasteiger partial charge in [0.25, 0.3) is 0 Å². The van der Waals surface area contributed by atoms with E-state index in [9.17, 15) is 5.11 Å². The third-order valence-corrected chi connectivity index (χ3v) is 4.22. The molecule has 1 saturated heterocycles. The van der Waals surface area contributed by atoms with Gasteiger partial charge in [-0.3, -0.25) is 4.90 Å². The van der Waals surface area contributed by atoms with E-state index < -0.39 is 0 Å². The second-order valence-corrected chi connectivity index (χ2v) is 5.59. The highest BCUT2D eigenvalue weighted by atomic mass is 16.3. The van der Waals surface area contributed by atoms with Gasteiger partial charge < -0.3 is 10.8 Å². The molecule has 3 nitrogen and oxygen atoms in total. The Balaban J connectivity index is 2.20. The molecule has 106 valence electrons. The molecule has 0 radical (unpaired) electrons. The van der Waals surface area contributed by atoms with E-state index in [0.29, 0.717) is 6.54 Å². The van der Waals surface area contributed by atoms with Crippen LogP contribution in [-0.4, -0.2) is 35.7 Å². The van der Waals surface area contributed by atoms with Gasteiger partial charge in [0, 0.05) is 18.6 Å². The van der Waals surface area contributed by atoms with Crippen molar-refractivity contribution in [1.82, 2.24) is 4.90 Å². The van der Waals surface area contributed by atoms with E-state index in [2.05, 4.69) is 36.1 Å². The summed E-state index contributed by atoms with van der Waals surface area (Å²) in [7, 11) is 0. The summed E-state index contributed by atoms with van der Waals surface area (Å²) in [6, 6.07) is 9.12. The molecule has 1 heterocycles. The number of aliphatic hydroxyl groups excluding tert-OH is 1. The van der Waals surface area contributed by atoms with Crippen molar-refractivity contribution in [2.75, 3.05) is 19.7 Å². The number of nitrogens with two attached hydrogens (primary N) is 1. The fraction of sp³-hybridized carbons (Fsp3) is 0.625. The molecule has 1 aromatic rings. The molecule has 1 aliphatic heterocycles. The summed E-state index contributed by atoms with van der Waals surface area (Å²) in [6.45, 7) is 3.99. The van der Waals surface area contributed by atoms with Crippen molar-refractivity contribution in [3.8, 4) is 0 Å². The summed E-state index contributed by atoms with van der Waals surface area (Å²) >= 11 is 0. The summed E-state index contributed by atoms with van der Waals surface area (Å²) in [5.74, 6) is 0. The van der Waals surface area contributed by atoms with Crippen LogP contribution in [0.3, 0.4) is 0 Å². The fourth-order valence-corrected chi connectivity index (χ4v) is 3.06. The molecule has 19 heavy (non-hydrogen) atoms. The molecule has 3 heteroatoms. The number of aliphatic hydroxyl groups is 1. The SMILES string of the molecule is Cc1ccc(C(CN)N2CCCCCC2CO)cc1. The Morgan fingerprint density at radius 3 is 2.63 bits per heavy atom. The minimum Gasteiger partial charge on any atom is -0.395 e. The minimum atomic E-state index is 0.232. The molecule has 2 rings (SSSR count). The highest BCUT2D eigenvalue weighted by molar-refractivity contribution is 5.24. The lowest BCUT2D eigenvalue weighted by atomic mass is 10.0. The van der Waals surface area contributed by atoms with Crippen LogP contribution in [0.2, 0.25) is 0 Å². The van der Waals surface area contributed by atoms with Crippen LogP contribution in [0.15, 0.2) is 24.3 Å². The minimum absolute atomic E-state index is 0.232. The predicted molar refractivity (Wildman–Crippen MR) is 79.0 cm³/mol. The Bertz CT molecular complexity index is 377. The second kappa shape index (κ2) is 7.04. The van der Waals surface area contributed by atoms with Crippen LogP contribution in [0.5, 0.6) is 0 Å². The number of rotatable bonds is 4. The van der Waals surface area contributed by atoms with Crippen molar-refractivity contribution < 1.29 is 5.11 Å². The first-order valence-corrected chi connectivity index (χ1v) is 7.39. The first-order chi connectivity index (χ1) is 9.26.